The van der Waals surface area contributed by atoms with Crippen molar-refractivity contribution < 1.29 is 9.32 Å². The van der Waals surface area contributed by atoms with E-state index < -0.39 is 0 Å². The Balaban J connectivity index is 2.14. The van der Waals surface area contributed by atoms with Crippen LogP contribution in [0.25, 0.3) is 0 Å². The van der Waals surface area contributed by atoms with Crippen molar-refractivity contribution in [3.8, 4) is 0 Å². The Morgan fingerprint density at radius 1 is 1.44 bits per heavy atom. The van der Waals surface area contributed by atoms with Gasteiger partial charge in [-0.3, -0.25) is 4.79 Å². The molecule has 2 atom stereocenters. The van der Waals surface area contributed by atoms with Crippen molar-refractivity contribution in [3.63, 3.8) is 0 Å². The van der Waals surface area contributed by atoms with E-state index in [0.717, 1.165) is 12.2 Å². The molecule has 1 fully saturated rings. The standard InChI is InChI=1S/C12H18N2O2/c1-7(2)11-13-12(16-14-11)10-5-4-9(15)6-8(10)3/h7-8,10H,4-6H2,1-3H3/t8-,10+/m0/s1. The number of carbonyl (C=O) groups excluding carboxylic acids is 1. The molecule has 16 heavy (non-hydrogen) atoms. The Hall–Kier alpha value is -1.19. The molecule has 0 saturated heterocycles. The number of hydrogen-bond acceptors (Lipinski definition) is 4. The second-order valence-electron chi connectivity index (χ2n) is 5.01. The summed E-state index contributed by atoms with van der Waals surface area (Å²) in [6.07, 6.45) is 2.14. The van der Waals surface area contributed by atoms with Gasteiger partial charge in [-0.1, -0.05) is 25.9 Å². The zero-order valence-electron chi connectivity index (χ0n) is 10.1. The average molecular weight is 222 g/mol. The zero-order chi connectivity index (χ0) is 11.7. The molecule has 1 heterocycles. The Morgan fingerprint density at radius 2 is 2.19 bits per heavy atom. The molecule has 0 N–H and O–H groups in total. The quantitative estimate of drug-likeness (QED) is 0.772. The molecule has 0 radical (unpaired) electrons. The summed E-state index contributed by atoms with van der Waals surface area (Å²) < 4.78 is 5.30. The molecule has 4 nitrogen and oxygen atoms in total. The minimum absolute atomic E-state index is 0.262. The van der Waals surface area contributed by atoms with E-state index in [4.69, 9.17) is 4.52 Å². The number of Topliss-reactive ketones (excluding diaryl/α,β-unsaturated/α-hetero) is 1. The molecule has 0 spiro atoms. The van der Waals surface area contributed by atoms with Gasteiger partial charge in [0.05, 0.1) is 0 Å². The van der Waals surface area contributed by atoms with E-state index in [-0.39, 0.29) is 11.8 Å². The summed E-state index contributed by atoms with van der Waals surface area (Å²) in [5.74, 6) is 2.70. The van der Waals surface area contributed by atoms with Crippen LogP contribution in [0, 0.1) is 5.92 Å². The van der Waals surface area contributed by atoms with Gasteiger partial charge in [-0.25, -0.2) is 0 Å². The lowest BCUT2D eigenvalue weighted by Gasteiger charge is -2.24. The van der Waals surface area contributed by atoms with Crippen molar-refractivity contribution in [2.45, 2.75) is 51.9 Å². The predicted molar refractivity (Wildman–Crippen MR) is 59.2 cm³/mol. The van der Waals surface area contributed by atoms with Crippen molar-refractivity contribution in [2.24, 2.45) is 5.92 Å². The Bertz CT molecular complexity index is 384. The molecule has 2 rings (SSSR count). The first kappa shape index (κ1) is 11.3. The Labute approximate surface area is 95.4 Å². The molecular weight excluding hydrogens is 204 g/mol. The summed E-state index contributed by atoms with van der Waals surface area (Å²) in [5.41, 5.74) is 0. The van der Waals surface area contributed by atoms with Crippen LogP contribution >= 0.6 is 0 Å². The second-order valence-corrected chi connectivity index (χ2v) is 5.01. The van der Waals surface area contributed by atoms with Crippen molar-refractivity contribution >= 4 is 5.78 Å². The van der Waals surface area contributed by atoms with E-state index in [2.05, 4.69) is 17.1 Å². The number of aromatic nitrogens is 2. The lowest BCUT2D eigenvalue weighted by molar-refractivity contribution is -0.121. The van der Waals surface area contributed by atoms with Crippen LogP contribution in [0.1, 0.15) is 63.6 Å². The summed E-state index contributed by atoms with van der Waals surface area (Å²) in [4.78, 5) is 15.7. The van der Waals surface area contributed by atoms with E-state index >= 15 is 0 Å². The van der Waals surface area contributed by atoms with Crippen molar-refractivity contribution in [1.82, 2.24) is 10.1 Å². The highest BCUT2D eigenvalue weighted by Gasteiger charge is 2.31. The van der Waals surface area contributed by atoms with Crippen LogP contribution in [0.5, 0.6) is 0 Å². The Kier molecular flexibility index (Phi) is 3.08. The van der Waals surface area contributed by atoms with Gasteiger partial charge in [0.15, 0.2) is 5.82 Å². The highest BCUT2D eigenvalue weighted by atomic mass is 16.5. The minimum Gasteiger partial charge on any atom is -0.339 e. The third kappa shape index (κ3) is 2.15. The van der Waals surface area contributed by atoms with Crippen LogP contribution in [-0.4, -0.2) is 15.9 Å². The molecule has 1 aromatic heterocycles. The molecule has 1 aromatic rings. The van der Waals surface area contributed by atoms with Crippen LogP contribution in [0.15, 0.2) is 4.52 Å². The largest absolute Gasteiger partial charge is 0.339 e. The third-order valence-electron chi connectivity index (χ3n) is 3.26. The SMILES string of the molecule is CC(C)c1noc([C@@H]2CCC(=O)C[C@@H]2C)n1. The molecule has 1 aliphatic carbocycles. The average Bonchev–Trinajstić information content (AvgIpc) is 2.66. The number of carbonyl (C=O) groups is 1. The second kappa shape index (κ2) is 4.36. The molecule has 0 aliphatic heterocycles. The summed E-state index contributed by atoms with van der Waals surface area (Å²) in [5, 5.41) is 3.97. The molecule has 88 valence electrons. The smallest absolute Gasteiger partial charge is 0.230 e. The number of rotatable bonds is 2. The van der Waals surface area contributed by atoms with Crippen LogP contribution in [0.4, 0.5) is 0 Å². The van der Waals surface area contributed by atoms with E-state index in [1.54, 1.807) is 0 Å². The highest BCUT2D eigenvalue weighted by molar-refractivity contribution is 5.79. The van der Waals surface area contributed by atoms with Gasteiger partial charge < -0.3 is 4.52 Å². The minimum atomic E-state index is 0.262. The van der Waals surface area contributed by atoms with E-state index in [0.29, 0.717) is 30.4 Å². The van der Waals surface area contributed by atoms with Gasteiger partial charge >= 0.3 is 0 Å². The summed E-state index contributed by atoms with van der Waals surface area (Å²) in [7, 11) is 0. The maximum absolute atomic E-state index is 11.3. The van der Waals surface area contributed by atoms with Gasteiger partial charge in [-0.05, 0) is 12.3 Å². The fourth-order valence-electron chi connectivity index (χ4n) is 2.20. The molecule has 1 aliphatic rings. The maximum atomic E-state index is 11.3. The number of nitrogens with zero attached hydrogens (tertiary/aromatic N) is 2. The van der Waals surface area contributed by atoms with E-state index in [9.17, 15) is 4.79 Å². The molecule has 0 aromatic carbocycles. The van der Waals surface area contributed by atoms with E-state index in [1.165, 1.54) is 0 Å². The van der Waals surface area contributed by atoms with Crippen LogP contribution in [-0.2, 0) is 4.79 Å². The molecular formula is C12H18N2O2. The monoisotopic (exact) mass is 222 g/mol. The van der Waals surface area contributed by atoms with Gasteiger partial charge in [-0.2, -0.15) is 4.98 Å². The summed E-state index contributed by atoms with van der Waals surface area (Å²) in [6.45, 7) is 6.17. The molecule has 1 saturated carbocycles. The van der Waals surface area contributed by atoms with Crippen molar-refractivity contribution in [2.75, 3.05) is 0 Å². The highest BCUT2D eigenvalue weighted by Crippen LogP contribution is 2.35. The maximum Gasteiger partial charge on any atom is 0.230 e. The normalized spacial score (nSPS) is 26.4. The first-order valence-electron chi connectivity index (χ1n) is 5.93. The van der Waals surface area contributed by atoms with Crippen LogP contribution in [0.2, 0.25) is 0 Å². The Morgan fingerprint density at radius 3 is 2.75 bits per heavy atom. The van der Waals surface area contributed by atoms with Crippen LogP contribution < -0.4 is 0 Å². The fourth-order valence-corrected chi connectivity index (χ4v) is 2.20. The summed E-state index contributed by atoms with van der Waals surface area (Å²) in [6, 6.07) is 0. The summed E-state index contributed by atoms with van der Waals surface area (Å²) >= 11 is 0. The van der Waals surface area contributed by atoms with E-state index in [1.807, 2.05) is 13.8 Å². The lowest BCUT2D eigenvalue weighted by Crippen LogP contribution is -2.21. The van der Waals surface area contributed by atoms with Gasteiger partial charge in [0.25, 0.3) is 0 Å². The first-order chi connectivity index (χ1) is 7.58. The van der Waals surface area contributed by atoms with Crippen molar-refractivity contribution in [1.29, 1.82) is 0 Å². The van der Waals surface area contributed by atoms with Crippen LogP contribution in [0.3, 0.4) is 0 Å². The van der Waals surface area contributed by atoms with Gasteiger partial charge in [-0.15, -0.1) is 0 Å². The number of ketones is 1. The lowest BCUT2D eigenvalue weighted by atomic mass is 9.80. The van der Waals surface area contributed by atoms with Crippen molar-refractivity contribution in [3.05, 3.63) is 11.7 Å². The topological polar surface area (TPSA) is 56.0 Å². The number of hydrogen-bond donors (Lipinski definition) is 0. The van der Waals surface area contributed by atoms with Gasteiger partial charge in [0.1, 0.15) is 5.78 Å². The predicted octanol–water partition coefficient (Wildman–Crippen LogP) is 2.67. The van der Waals surface area contributed by atoms with Gasteiger partial charge in [0.2, 0.25) is 5.89 Å². The molecule has 0 unspecified atom stereocenters. The first-order valence-corrected chi connectivity index (χ1v) is 5.93. The molecule has 0 bridgehead atoms. The van der Waals surface area contributed by atoms with Gasteiger partial charge in [0, 0.05) is 24.7 Å². The zero-order valence-corrected chi connectivity index (χ0v) is 10.1. The fraction of sp³-hybridized carbons (Fsp3) is 0.750. The third-order valence-corrected chi connectivity index (χ3v) is 3.26. The molecule has 4 heteroatoms. The molecule has 0 amide bonds.